The molecule has 0 unspecified atom stereocenters. The Labute approximate surface area is 119 Å². The molecule has 0 fully saturated rings. The zero-order valence-electron chi connectivity index (χ0n) is 12.2. The van der Waals surface area contributed by atoms with Crippen molar-refractivity contribution in [3.63, 3.8) is 0 Å². The van der Waals surface area contributed by atoms with E-state index in [-0.39, 0.29) is 18.0 Å². The zero-order chi connectivity index (χ0) is 15.0. The van der Waals surface area contributed by atoms with Crippen molar-refractivity contribution in [3.8, 4) is 0 Å². The number of esters is 1. The second-order valence-electron chi connectivity index (χ2n) is 4.62. The summed E-state index contributed by atoms with van der Waals surface area (Å²) in [5.41, 5.74) is 1.11. The molecule has 1 rings (SSSR count). The fourth-order valence-corrected chi connectivity index (χ4v) is 1.46. The van der Waals surface area contributed by atoms with Crippen LogP contribution in [0.2, 0.25) is 0 Å². The van der Waals surface area contributed by atoms with E-state index < -0.39 is 0 Å². The molecule has 5 nitrogen and oxygen atoms in total. The number of rotatable bonds is 6. The highest BCUT2D eigenvalue weighted by molar-refractivity contribution is 5.92. The van der Waals surface area contributed by atoms with Crippen LogP contribution >= 0.6 is 0 Å². The molecule has 0 aliphatic rings. The van der Waals surface area contributed by atoms with E-state index in [4.69, 9.17) is 4.74 Å². The number of amides is 2. The van der Waals surface area contributed by atoms with Gasteiger partial charge in [0.25, 0.3) is 0 Å². The summed E-state index contributed by atoms with van der Waals surface area (Å²) in [5.74, 6) is -0.345. The standard InChI is InChI=1S/C15H22N2O3/c1-4-10-20-14(18)12-6-8-13(9-7-12)17-15(19)16-11(3)5-2/h6-9,11H,4-5,10H2,1-3H3,(H2,16,17,19)/t11-/m1/s1. The minimum atomic E-state index is -0.345. The Balaban J connectivity index is 2.54. The quantitative estimate of drug-likeness (QED) is 0.785. The third kappa shape index (κ3) is 5.30. The number of anilines is 1. The summed E-state index contributed by atoms with van der Waals surface area (Å²) in [6, 6.07) is 6.50. The molecule has 0 aliphatic heterocycles. The van der Waals surface area contributed by atoms with E-state index >= 15 is 0 Å². The highest BCUT2D eigenvalue weighted by Crippen LogP contribution is 2.10. The molecule has 0 spiro atoms. The fraction of sp³-hybridized carbons (Fsp3) is 0.467. The number of hydrogen-bond donors (Lipinski definition) is 2. The molecule has 0 saturated heterocycles. The maximum atomic E-state index is 11.6. The average Bonchev–Trinajstić information content (AvgIpc) is 2.45. The number of urea groups is 1. The lowest BCUT2D eigenvalue weighted by Gasteiger charge is -2.12. The van der Waals surface area contributed by atoms with Gasteiger partial charge in [0.05, 0.1) is 12.2 Å². The number of nitrogens with one attached hydrogen (secondary N) is 2. The maximum Gasteiger partial charge on any atom is 0.338 e. The van der Waals surface area contributed by atoms with Gasteiger partial charge >= 0.3 is 12.0 Å². The topological polar surface area (TPSA) is 67.4 Å². The summed E-state index contributed by atoms with van der Waals surface area (Å²) < 4.78 is 5.03. The average molecular weight is 278 g/mol. The normalized spacial score (nSPS) is 11.6. The van der Waals surface area contributed by atoms with Crippen molar-refractivity contribution < 1.29 is 14.3 Å². The molecule has 0 heterocycles. The van der Waals surface area contributed by atoms with Crippen molar-refractivity contribution in [2.45, 2.75) is 39.7 Å². The largest absolute Gasteiger partial charge is 0.462 e. The number of carbonyl (C=O) groups is 2. The Morgan fingerprint density at radius 1 is 1.20 bits per heavy atom. The van der Waals surface area contributed by atoms with Crippen LogP contribution < -0.4 is 10.6 Å². The van der Waals surface area contributed by atoms with Gasteiger partial charge in [-0.3, -0.25) is 0 Å². The van der Waals surface area contributed by atoms with Gasteiger partial charge in [-0.25, -0.2) is 9.59 Å². The lowest BCUT2D eigenvalue weighted by atomic mass is 10.2. The first-order valence-electron chi connectivity index (χ1n) is 6.91. The van der Waals surface area contributed by atoms with Gasteiger partial charge in [-0.2, -0.15) is 0 Å². The molecule has 5 heteroatoms. The minimum Gasteiger partial charge on any atom is -0.462 e. The van der Waals surface area contributed by atoms with Crippen LogP contribution in [0.15, 0.2) is 24.3 Å². The molecule has 1 atom stereocenters. The van der Waals surface area contributed by atoms with Gasteiger partial charge in [0, 0.05) is 11.7 Å². The van der Waals surface area contributed by atoms with Crippen molar-refractivity contribution in [2.24, 2.45) is 0 Å². The SMILES string of the molecule is CCCOC(=O)c1ccc(NC(=O)N[C@H](C)CC)cc1. The summed E-state index contributed by atoms with van der Waals surface area (Å²) in [5, 5.41) is 5.52. The van der Waals surface area contributed by atoms with Gasteiger partial charge in [-0.05, 0) is 44.0 Å². The molecule has 20 heavy (non-hydrogen) atoms. The third-order valence-corrected chi connectivity index (χ3v) is 2.81. The van der Waals surface area contributed by atoms with Crippen LogP contribution in [0.3, 0.4) is 0 Å². The number of hydrogen-bond acceptors (Lipinski definition) is 3. The Morgan fingerprint density at radius 2 is 1.85 bits per heavy atom. The summed E-state index contributed by atoms with van der Waals surface area (Å²) in [6.45, 7) is 6.29. The van der Waals surface area contributed by atoms with Crippen LogP contribution in [0.1, 0.15) is 44.0 Å². The second-order valence-corrected chi connectivity index (χ2v) is 4.62. The number of benzene rings is 1. The van der Waals surface area contributed by atoms with Crippen molar-refractivity contribution in [1.82, 2.24) is 5.32 Å². The highest BCUT2D eigenvalue weighted by Gasteiger charge is 2.08. The lowest BCUT2D eigenvalue weighted by molar-refractivity contribution is 0.0505. The summed E-state index contributed by atoms with van der Waals surface area (Å²) in [6.07, 6.45) is 1.66. The Kier molecular flexibility index (Phi) is 6.56. The zero-order valence-corrected chi connectivity index (χ0v) is 12.2. The first-order chi connectivity index (χ1) is 9.56. The van der Waals surface area contributed by atoms with Crippen LogP contribution in [0.4, 0.5) is 10.5 Å². The monoisotopic (exact) mass is 278 g/mol. The predicted molar refractivity (Wildman–Crippen MR) is 78.9 cm³/mol. The molecule has 110 valence electrons. The molecular formula is C15H22N2O3. The molecule has 0 aliphatic carbocycles. The van der Waals surface area contributed by atoms with Crippen molar-refractivity contribution in [2.75, 3.05) is 11.9 Å². The number of carbonyl (C=O) groups excluding carboxylic acids is 2. The smallest absolute Gasteiger partial charge is 0.338 e. The molecular weight excluding hydrogens is 256 g/mol. The van der Waals surface area contributed by atoms with Gasteiger partial charge in [0.1, 0.15) is 0 Å². The van der Waals surface area contributed by atoms with Gasteiger partial charge in [-0.1, -0.05) is 13.8 Å². The van der Waals surface area contributed by atoms with E-state index in [1.165, 1.54) is 0 Å². The lowest BCUT2D eigenvalue weighted by Crippen LogP contribution is -2.35. The first-order valence-corrected chi connectivity index (χ1v) is 6.91. The van der Waals surface area contributed by atoms with E-state index in [1.54, 1.807) is 24.3 Å². The molecule has 0 bridgehead atoms. The predicted octanol–water partition coefficient (Wildman–Crippen LogP) is 3.17. The van der Waals surface area contributed by atoms with Gasteiger partial charge in [-0.15, -0.1) is 0 Å². The van der Waals surface area contributed by atoms with Crippen LogP contribution in [0, 0.1) is 0 Å². The van der Waals surface area contributed by atoms with Crippen LogP contribution in [-0.2, 0) is 4.74 Å². The van der Waals surface area contributed by atoms with Gasteiger partial charge < -0.3 is 15.4 Å². The van der Waals surface area contributed by atoms with Crippen LogP contribution in [-0.4, -0.2) is 24.6 Å². The highest BCUT2D eigenvalue weighted by atomic mass is 16.5. The summed E-state index contributed by atoms with van der Waals surface area (Å²) >= 11 is 0. The Morgan fingerprint density at radius 3 is 2.40 bits per heavy atom. The van der Waals surface area contributed by atoms with Crippen molar-refractivity contribution in [3.05, 3.63) is 29.8 Å². The summed E-state index contributed by atoms with van der Waals surface area (Å²) in [4.78, 5) is 23.2. The van der Waals surface area contributed by atoms with Crippen molar-refractivity contribution >= 4 is 17.7 Å². The Hall–Kier alpha value is -2.04. The third-order valence-electron chi connectivity index (χ3n) is 2.81. The first kappa shape index (κ1) is 16.0. The molecule has 0 aromatic heterocycles. The molecule has 2 amide bonds. The number of ether oxygens (including phenoxy) is 1. The molecule has 2 N–H and O–H groups in total. The van der Waals surface area contributed by atoms with E-state index in [0.717, 1.165) is 12.8 Å². The van der Waals surface area contributed by atoms with E-state index in [2.05, 4.69) is 10.6 Å². The molecule has 1 aromatic rings. The second kappa shape index (κ2) is 8.19. The minimum absolute atomic E-state index is 0.123. The maximum absolute atomic E-state index is 11.6. The van der Waals surface area contributed by atoms with Crippen LogP contribution in [0.25, 0.3) is 0 Å². The fourth-order valence-electron chi connectivity index (χ4n) is 1.46. The van der Waals surface area contributed by atoms with E-state index in [0.29, 0.717) is 17.9 Å². The van der Waals surface area contributed by atoms with Gasteiger partial charge in [0.15, 0.2) is 0 Å². The van der Waals surface area contributed by atoms with E-state index in [9.17, 15) is 9.59 Å². The van der Waals surface area contributed by atoms with Crippen LogP contribution in [0.5, 0.6) is 0 Å². The van der Waals surface area contributed by atoms with Gasteiger partial charge in [0.2, 0.25) is 0 Å². The molecule has 0 radical (unpaired) electrons. The van der Waals surface area contributed by atoms with Crippen molar-refractivity contribution in [1.29, 1.82) is 0 Å². The van der Waals surface area contributed by atoms with E-state index in [1.807, 2.05) is 20.8 Å². The molecule has 1 aromatic carbocycles. The summed E-state index contributed by atoms with van der Waals surface area (Å²) in [7, 11) is 0. The molecule has 0 saturated carbocycles. The Bertz CT molecular complexity index is 443.